The Bertz CT molecular complexity index is 199. The van der Waals surface area contributed by atoms with Gasteiger partial charge in [0.15, 0.2) is 0 Å². The molecule has 1 saturated carbocycles. The third-order valence-corrected chi connectivity index (χ3v) is 4.05. The Balaban J connectivity index is 2.38. The number of nitrogens with one attached hydrogen (secondary N) is 1. The summed E-state index contributed by atoms with van der Waals surface area (Å²) in [5.41, 5.74) is 5.23. The lowest BCUT2D eigenvalue weighted by atomic mass is 10.2. The first-order valence-corrected chi connectivity index (χ1v) is 6.37. The van der Waals surface area contributed by atoms with Crippen molar-refractivity contribution < 1.29 is 4.79 Å². The van der Waals surface area contributed by atoms with Crippen LogP contribution in [0.4, 0.5) is 0 Å². The highest BCUT2D eigenvalue weighted by Crippen LogP contribution is 2.29. The minimum Gasteiger partial charge on any atom is -0.368 e. The third-order valence-electron chi connectivity index (χ3n) is 2.72. The molecule has 82 valence electrons. The van der Waals surface area contributed by atoms with Crippen molar-refractivity contribution in [1.29, 1.82) is 0 Å². The number of hydrogen-bond donors (Lipinski definition) is 2. The highest BCUT2D eigenvalue weighted by Gasteiger charge is 2.28. The largest absolute Gasteiger partial charge is 0.368 e. The van der Waals surface area contributed by atoms with E-state index in [9.17, 15) is 4.79 Å². The molecule has 0 radical (unpaired) electrons. The summed E-state index contributed by atoms with van der Waals surface area (Å²) in [6.45, 7) is 4.02. The van der Waals surface area contributed by atoms with Crippen LogP contribution in [0.15, 0.2) is 0 Å². The maximum atomic E-state index is 10.9. The van der Waals surface area contributed by atoms with E-state index in [0.717, 1.165) is 5.75 Å². The molecule has 0 bridgehead atoms. The van der Waals surface area contributed by atoms with Gasteiger partial charge in [0, 0.05) is 11.3 Å². The van der Waals surface area contributed by atoms with Gasteiger partial charge in [-0.1, -0.05) is 13.3 Å². The predicted octanol–water partition coefficient (Wildman–Crippen LogP) is 1.12. The Labute approximate surface area is 90.2 Å². The van der Waals surface area contributed by atoms with Crippen molar-refractivity contribution in [3.8, 4) is 0 Å². The first-order chi connectivity index (χ1) is 6.65. The second kappa shape index (κ2) is 5.61. The van der Waals surface area contributed by atoms with E-state index in [1.165, 1.54) is 19.3 Å². The molecule has 14 heavy (non-hydrogen) atoms. The molecule has 1 fully saturated rings. The number of primary amides is 1. The fourth-order valence-corrected chi connectivity index (χ4v) is 3.14. The zero-order valence-electron chi connectivity index (χ0n) is 8.95. The Kier molecular flexibility index (Phi) is 4.75. The minimum absolute atomic E-state index is 0.196. The molecule has 1 rings (SSSR count). The highest BCUT2D eigenvalue weighted by atomic mass is 32.2. The predicted molar refractivity (Wildman–Crippen MR) is 61.4 cm³/mol. The molecule has 4 heteroatoms. The lowest BCUT2D eigenvalue weighted by molar-refractivity contribution is -0.119. The first-order valence-electron chi connectivity index (χ1n) is 5.32. The molecule has 0 aromatic heterocycles. The van der Waals surface area contributed by atoms with Crippen molar-refractivity contribution >= 4 is 17.7 Å². The van der Waals surface area contributed by atoms with Crippen molar-refractivity contribution in [3.63, 3.8) is 0 Å². The monoisotopic (exact) mass is 216 g/mol. The van der Waals surface area contributed by atoms with Crippen LogP contribution in [-0.4, -0.2) is 29.0 Å². The average Bonchev–Trinajstić information content (AvgIpc) is 2.53. The average molecular weight is 216 g/mol. The van der Waals surface area contributed by atoms with Gasteiger partial charge in [-0.05, 0) is 25.5 Å². The van der Waals surface area contributed by atoms with Crippen molar-refractivity contribution in [2.45, 2.75) is 50.4 Å². The van der Waals surface area contributed by atoms with E-state index >= 15 is 0 Å². The van der Waals surface area contributed by atoms with Crippen LogP contribution < -0.4 is 11.1 Å². The molecule has 3 unspecified atom stereocenters. The van der Waals surface area contributed by atoms with E-state index < -0.39 is 0 Å². The molecule has 3 N–H and O–H groups in total. The van der Waals surface area contributed by atoms with Crippen LogP contribution in [0.25, 0.3) is 0 Å². The summed E-state index contributed by atoms with van der Waals surface area (Å²) in [6.07, 6.45) is 3.71. The normalized spacial score (nSPS) is 29.0. The fraction of sp³-hybridized carbons (Fsp3) is 0.900. The summed E-state index contributed by atoms with van der Waals surface area (Å²) in [7, 11) is 0. The van der Waals surface area contributed by atoms with E-state index in [4.69, 9.17) is 5.73 Å². The number of rotatable bonds is 5. The number of thioether (sulfide) groups is 1. The van der Waals surface area contributed by atoms with Crippen LogP contribution in [0.1, 0.15) is 33.1 Å². The molecular weight excluding hydrogens is 196 g/mol. The second-order valence-electron chi connectivity index (χ2n) is 3.82. The SMILES string of the molecule is CCSC1CCCC1NC(C)C(N)=O. The van der Waals surface area contributed by atoms with E-state index in [-0.39, 0.29) is 11.9 Å². The standard InChI is InChI=1S/C10H20N2OS/c1-3-14-9-6-4-5-8(9)12-7(2)10(11)13/h7-9,12H,3-6H2,1-2H3,(H2,11,13). The topological polar surface area (TPSA) is 55.1 Å². The van der Waals surface area contributed by atoms with Gasteiger partial charge in [0.1, 0.15) is 0 Å². The Morgan fingerprint density at radius 3 is 2.93 bits per heavy atom. The van der Waals surface area contributed by atoms with Gasteiger partial charge in [-0.15, -0.1) is 0 Å². The number of amides is 1. The Morgan fingerprint density at radius 2 is 2.36 bits per heavy atom. The number of hydrogen-bond acceptors (Lipinski definition) is 3. The molecule has 0 saturated heterocycles. The maximum absolute atomic E-state index is 10.9. The fourth-order valence-electron chi connectivity index (χ4n) is 1.93. The number of nitrogens with two attached hydrogens (primary N) is 1. The van der Waals surface area contributed by atoms with Crippen LogP contribution in [0.2, 0.25) is 0 Å². The van der Waals surface area contributed by atoms with Gasteiger partial charge in [-0.25, -0.2) is 0 Å². The summed E-state index contributed by atoms with van der Waals surface area (Å²) in [5, 5.41) is 3.99. The van der Waals surface area contributed by atoms with Crippen molar-refractivity contribution in [1.82, 2.24) is 5.32 Å². The molecule has 3 atom stereocenters. The number of carbonyl (C=O) groups excluding carboxylic acids is 1. The molecule has 1 amide bonds. The van der Waals surface area contributed by atoms with Crippen LogP contribution in [-0.2, 0) is 4.79 Å². The lowest BCUT2D eigenvalue weighted by Gasteiger charge is -2.22. The van der Waals surface area contributed by atoms with E-state index in [2.05, 4.69) is 12.2 Å². The molecule has 1 aliphatic rings. The first kappa shape index (κ1) is 11.9. The summed E-state index contributed by atoms with van der Waals surface area (Å²) in [6, 6.07) is 0.278. The summed E-state index contributed by atoms with van der Waals surface area (Å²) in [5.74, 6) is 0.894. The van der Waals surface area contributed by atoms with Crippen molar-refractivity contribution in [3.05, 3.63) is 0 Å². The Hall–Kier alpha value is -0.220. The van der Waals surface area contributed by atoms with E-state index in [1.54, 1.807) is 0 Å². The molecular formula is C10H20N2OS. The zero-order chi connectivity index (χ0) is 10.6. The van der Waals surface area contributed by atoms with Gasteiger partial charge in [-0.2, -0.15) is 11.8 Å². The number of carbonyl (C=O) groups is 1. The van der Waals surface area contributed by atoms with Gasteiger partial charge >= 0.3 is 0 Å². The van der Waals surface area contributed by atoms with Crippen LogP contribution >= 0.6 is 11.8 Å². The van der Waals surface area contributed by atoms with E-state index in [1.807, 2.05) is 18.7 Å². The minimum atomic E-state index is -0.253. The molecule has 0 aromatic carbocycles. The summed E-state index contributed by atoms with van der Waals surface area (Å²) >= 11 is 1.99. The summed E-state index contributed by atoms with van der Waals surface area (Å²) < 4.78 is 0. The zero-order valence-corrected chi connectivity index (χ0v) is 9.77. The van der Waals surface area contributed by atoms with Crippen molar-refractivity contribution in [2.75, 3.05) is 5.75 Å². The second-order valence-corrected chi connectivity index (χ2v) is 5.34. The molecule has 1 aliphatic carbocycles. The maximum Gasteiger partial charge on any atom is 0.234 e. The molecule has 0 heterocycles. The van der Waals surface area contributed by atoms with Gasteiger partial charge in [-0.3, -0.25) is 4.79 Å². The Morgan fingerprint density at radius 1 is 1.64 bits per heavy atom. The molecule has 0 aliphatic heterocycles. The summed E-state index contributed by atoms with van der Waals surface area (Å²) in [4.78, 5) is 10.9. The quantitative estimate of drug-likeness (QED) is 0.724. The van der Waals surface area contributed by atoms with Gasteiger partial charge < -0.3 is 11.1 Å². The highest BCUT2D eigenvalue weighted by molar-refractivity contribution is 7.99. The molecule has 3 nitrogen and oxygen atoms in total. The molecule has 0 aromatic rings. The van der Waals surface area contributed by atoms with Gasteiger partial charge in [0.25, 0.3) is 0 Å². The molecule has 0 spiro atoms. The van der Waals surface area contributed by atoms with E-state index in [0.29, 0.717) is 11.3 Å². The van der Waals surface area contributed by atoms with Crippen LogP contribution in [0, 0.1) is 0 Å². The van der Waals surface area contributed by atoms with Crippen LogP contribution in [0.5, 0.6) is 0 Å². The van der Waals surface area contributed by atoms with Gasteiger partial charge in [0.05, 0.1) is 6.04 Å². The van der Waals surface area contributed by atoms with Crippen molar-refractivity contribution in [2.24, 2.45) is 5.73 Å². The van der Waals surface area contributed by atoms with Gasteiger partial charge in [0.2, 0.25) is 5.91 Å². The third kappa shape index (κ3) is 3.17. The lowest BCUT2D eigenvalue weighted by Crippen LogP contribution is -2.46. The van der Waals surface area contributed by atoms with Crippen LogP contribution in [0.3, 0.4) is 0 Å². The smallest absolute Gasteiger partial charge is 0.234 e.